The fourth-order valence-corrected chi connectivity index (χ4v) is 5.44. The highest BCUT2D eigenvalue weighted by Crippen LogP contribution is 2.35. The Morgan fingerprint density at radius 1 is 1.32 bits per heavy atom. The Bertz CT molecular complexity index is 1260. The number of fused-ring (bicyclic) bond motifs is 1. The molecule has 34 heavy (non-hydrogen) atoms. The van der Waals surface area contributed by atoms with E-state index in [2.05, 4.69) is 37.9 Å². The number of imidazole rings is 1. The number of aromatic amines is 1. The number of nitrogens with one attached hydrogen (secondary N) is 1. The molecule has 3 aromatic heterocycles. The number of pyridine rings is 1. The first-order valence-corrected chi connectivity index (χ1v) is 12.3. The van der Waals surface area contributed by atoms with Gasteiger partial charge < -0.3 is 14.5 Å². The van der Waals surface area contributed by atoms with Crippen molar-refractivity contribution in [3.05, 3.63) is 58.9 Å². The summed E-state index contributed by atoms with van der Waals surface area (Å²) in [5.41, 5.74) is 2.61. The van der Waals surface area contributed by atoms with E-state index in [0.29, 0.717) is 18.5 Å². The number of carbonyl (C=O) groups is 1. The van der Waals surface area contributed by atoms with Crippen LogP contribution in [0.1, 0.15) is 29.7 Å². The molecule has 0 saturated carbocycles. The summed E-state index contributed by atoms with van der Waals surface area (Å²) in [6, 6.07) is 10.5. The van der Waals surface area contributed by atoms with Gasteiger partial charge >= 0.3 is 0 Å². The van der Waals surface area contributed by atoms with E-state index in [4.69, 9.17) is 9.72 Å². The van der Waals surface area contributed by atoms with Crippen molar-refractivity contribution in [1.29, 1.82) is 0 Å². The first-order chi connectivity index (χ1) is 16.7. The van der Waals surface area contributed by atoms with Crippen LogP contribution in [-0.2, 0) is 11.3 Å². The predicted molar refractivity (Wildman–Crippen MR) is 133 cm³/mol. The van der Waals surface area contributed by atoms with Crippen molar-refractivity contribution < 1.29 is 9.53 Å². The topological polar surface area (TPSA) is 87.2 Å². The molecular weight excluding hydrogens is 448 g/mol. The standard InChI is InChI=1S/C25H28N6O2S/c1-30(16-23-26-8-12-34-23)18-7-9-31(10-11-32)22(14-18)24-27-15-21(28-24)19-13-17-5-3-4-6-20(17)29-25(19)33-2/h3-6,8,11-13,15,18,22H,7,9-10,14,16H2,1-2H3,(H,27,28)/t18-,22-/m0/s1. The third-order valence-corrected chi connectivity index (χ3v) is 7.33. The molecule has 1 aliphatic heterocycles. The van der Waals surface area contributed by atoms with E-state index in [-0.39, 0.29) is 6.04 Å². The Morgan fingerprint density at radius 3 is 3.00 bits per heavy atom. The van der Waals surface area contributed by atoms with Gasteiger partial charge in [0.2, 0.25) is 5.88 Å². The smallest absolute Gasteiger partial charge is 0.223 e. The van der Waals surface area contributed by atoms with Gasteiger partial charge in [0.15, 0.2) is 0 Å². The number of methoxy groups -OCH3 is 1. The van der Waals surface area contributed by atoms with E-state index < -0.39 is 0 Å². The number of aldehydes is 1. The quantitative estimate of drug-likeness (QED) is 0.386. The van der Waals surface area contributed by atoms with Crippen LogP contribution < -0.4 is 4.74 Å². The fourth-order valence-electron chi connectivity index (χ4n) is 4.76. The summed E-state index contributed by atoms with van der Waals surface area (Å²) >= 11 is 1.68. The molecule has 0 amide bonds. The number of hydrogen-bond donors (Lipinski definition) is 1. The number of hydrogen-bond acceptors (Lipinski definition) is 8. The Balaban J connectivity index is 1.42. The molecule has 5 rings (SSSR count). The third-order valence-electron chi connectivity index (χ3n) is 6.57. The number of para-hydroxylation sites is 1. The summed E-state index contributed by atoms with van der Waals surface area (Å²) in [6.07, 6.45) is 6.56. The number of benzene rings is 1. The molecule has 0 radical (unpaired) electrons. The lowest BCUT2D eigenvalue weighted by molar-refractivity contribution is -0.110. The lowest BCUT2D eigenvalue weighted by atomic mass is 9.95. The van der Waals surface area contributed by atoms with Crippen LogP contribution >= 0.6 is 11.3 Å². The van der Waals surface area contributed by atoms with E-state index in [1.807, 2.05) is 42.0 Å². The maximum atomic E-state index is 11.4. The second-order valence-electron chi connectivity index (χ2n) is 8.62. The molecule has 0 spiro atoms. The lowest BCUT2D eigenvalue weighted by Gasteiger charge is -2.40. The van der Waals surface area contributed by atoms with Crippen molar-refractivity contribution in [2.75, 3.05) is 27.2 Å². The lowest BCUT2D eigenvalue weighted by Crippen LogP contribution is -2.45. The van der Waals surface area contributed by atoms with Crippen LogP contribution in [0, 0.1) is 0 Å². The summed E-state index contributed by atoms with van der Waals surface area (Å²) in [6.45, 7) is 2.06. The van der Waals surface area contributed by atoms with E-state index in [9.17, 15) is 4.79 Å². The molecule has 2 atom stereocenters. The molecule has 1 saturated heterocycles. The highest BCUT2D eigenvalue weighted by atomic mass is 32.1. The minimum Gasteiger partial charge on any atom is -0.480 e. The van der Waals surface area contributed by atoms with E-state index in [0.717, 1.165) is 65.2 Å². The zero-order valence-electron chi connectivity index (χ0n) is 19.3. The van der Waals surface area contributed by atoms with Crippen molar-refractivity contribution in [3.63, 3.8) is 0 Å². The molecule has 1 N–H and O–H groups in total. The second kappa shape index (κ2) is 10.0. The van der Waals surface area contributed by atoms with Crippen molar-refractivity contribution in [1.82, 2.24) is 29.7 Å². The SMILES string of the molecule is COc1nc2ccccc2cc1-c1cnc([C@@H]2C[C@@H](N(C)Cc3nccs3)CCN2CC=O)[nH]1. The average Bonchev–Trinajstić information content (AvgIpc) is 3.56. The summed E-state index contributed by atoms with van der Waals surface area (Å²) in [5, 5.41) is 4.17. The number of rotatable bonds is 8. The summed E-state index contributed by atoms with van der Waals surface area (Å²) in [7, 11) is 3.78. The van der Waals surface area contributed by atoms with Crippen molar-refractivity contribution in [2.45, 2.75) is 31.5 Å². The largest absolute Gasteiger partial charge is 0.480 e. The number of ether oxygens (including phenoxy) is 1. The molecule has 0 unspecified atom stereocenters. The molecule has 0 aliphatic carbocycles. The number of carbonyl (C=O) groups excluding carboxylic acids is 1. The first-order valence-electron chi connectivity index (χ1n) is 11.4. The van der Waals surface area contributed by atoms with Gasteiger partial charge in [0.1, 0.15) is 17.1 Å². The molecule has 176 valence electrons. The molecule has 4 heterocycles. The van der Waals surface area contributed by atoms with Gasteiger partial charge in [-0.1, -0.05) is 18.2 Å². The van der Waals surface area contributed by atoms with Gasteiger partial charge in [-0.15, -0.1) is 11.3 Å². The van der Waals surface area contributed by atoms with Gasteiger partial charge in [-0.25, -0.2) is 15.0 Å². The summed E-state index contributed by atoms with van der Waals surface area (Å²) in [4.78, 5) is 33.3. The molecule has 1 fully saturated rings. The van der Waals surface area contributed by atoms with Gasteiger partial charge in [-0.05, 0) is 32.0 Å². The van der Waals surface area contributed by atoms with E-state index >= 15 is 0 Å². The van der Waals surface area contributed by atoms with Gasteiger partial charge in [0, 0.05) is 29.5 Å². The number of aromatic nitrogens is 4. The van der Waals surface area contributed by atoms with Gasteiger partial charge in [0.05, 0.1) is 49.2 Å². The predicted octanol–water partition coefficient (Wildman–Crippen LogP) is 3.93. The number of H-pyrrole nitrogens is 1. The maximum absolute atomic E-state index is 11.4. The van der Waals surface area contributed by atoms with Crippen LogP contribution in [0.4, 0.5) is 0 Å². The Kier molecular flexibility index (Phi) is 6.66. The molecule has 8 nitrogen and oxygen atoms in total. The second-order valence-corrected chi connectivity index (χ2v) is 9.60. The van der Waals surface area contributed by atoms with Crippen molar-refractivity contribution in [2.24, 2.45) is 0 Å². The zero-order valence-corrected chi connectivity index (χ0v) is 20.2. The van der Waals surface area contributed by atoms with Crippen molar-refractivity contribution in [3.8, 4) is 17.1 Å². The van der Waals surface area contributed by atoms with Crippen LogP contribution in [0.15, 0.2) is 48.1 Å². The summed E-state index contributed by atoms with van der Waals surface area (Å²) < 4.78 is 5.59. The highest BCUT2D eigenvalue weighted by Gasteiger charge is 2.33. The molecule has 9 heteroatoms. The molecule has 1 aliphatic rings. The van der Waals surface area contributed by atoms with E-state index in [1.165, 1.54) is 0 Å². The number of piperidine rings is 1. The van der Waals surface area contributed by atoms with Gasteiger partial charge in [-0.3, -0.25) is 9.80 Å². The molecule has 0 bridgehead atoms. The molecule has 1 aromatic carbocycles. The van der Waals surface area contributed by atoms with Crippen LogP contribution in [-0.4, -0.2) is 69.3 Å². The minimum atomic E-state index is 0.0239. The number of thiazole rings is 1. The van der Waals surface area contributed by atoms with Crippen molar-refractivity contribution >= 4 is 28.5 Å². The van der Waals surface area contributed by atoms with E-state index in [1.54, 1.807) is 18.4 Å². The maximum Gasteiger partial charge on any atom is 0.223 e. The Hall–Kier alpha value is -3.14. The normalized spacial score (nSPS) is 19.0. The average molecular weight is 477 g/mol. The van der Waals surface area contributed by atoms with Crippen LogP contribution in [0.5, 0.6) is 5.88 Å². The van der Waals surface area contributed by atoms with Crippen LogP contribution in [0.3, 0.4) is 0 Å². The number of nitrogens with zero attached hydrogens (tertiary/aromatic N) is 5. The Morgan fingerprint density at radius 2 is 2.21 bits per heavy atom. The van der Waals surface area contributed by atoms with Gasteiger partial charge in [-0.2, -0.15) is 0 Å². The Labute approximate surface area is 202 Å². The minimum absolute atomic E-state index is 0.0239. The molecular formula is C25H28N6O2S. The van der Waals surface area contributed by atoms with Crippen LogP contribution in [0.2, 0.25) is 0 Å². The third kappa shape index (κ3) is 4.59. The van der Waals surface area contributed by atoms with Crippen LogP contribution in [0.25, 0.3) is 22.2 Å². The first kappa shape index (κ1) is 22.6. The number of likely N-dealkylation sites (tertiary alicyclic amines) is 1. The van der Waals surface area contributed by atoms with Gasteiger partial charge in [0.25, 0.3) is 0 Å². The summed E-state index contributed by atoms with van der Waals surface area (Å²) in [5.74, 6) is 1.42. The zero-order chi connectivity index (χ0) is 23.5. The fraction of sp³-hybridized carbons (Fsp3) is 0.360. The molecule has 4 aromatic rings. The monoisotopic (exact) mass is 476 g/mol. The highest BCUT2D eigenvalue weighted by molar-refractivity contribution is 7.09.